The molecular weight excluding hydrogens is 162 g/mol. The summed E-state index contributed by atoms with van der Waals surface area (Å²) in [4.78, 5) is 0. The van der Waals surface area contributed by atoms with Crippen molar-refractivity contribution in [1.82, 2.24) is 5.32 Å². The van der Waals surface area contributed by atoms with Crippen LogP contribution in [0.2, 0.25) is 0 Å². The summed E-state index contributed by atoms with van der Waals surface area (Å²) in [6.45, 7) is 11.5. The predicted molar refractivity (Wildman–Crippen MR) is 58.1 cm³/mol. The molecule has 0 aromatic carbocycles. The van der Waals surface area contributed by atoms with Crippen LogP contribution in [-0.2, 0) is 4.74 Å². The molecule has 0 aromatic rings. The fourth-order valence-electron chi connectivity index (χ4n) is 1.86. The van der Waals surface area contributed by atoms with E-state index in [2.05, 4.69) is 26.1 Å². The van der Waals surface area contributed by atoms with Crippen molar-refractivity contribution in [3.05, 3.63) is 0 Å². The van der Waals surface area contributed by atoms with Gasteiger partial charge in [0.1, 0.15) is 0 Å². The Morgan fingerprint density at radius 2 is 1.62 bits per heavy atom. The highest BCUT2D eigenvalue weighted by atomic mass is 16.5. The summed E-state index contributed by atoms with van der Waals surface area (Å²) in [5, 5.41) is 3.47. The second kappa shape index (κ2) is 7.34. The van der Waals surface area contributed by atoms with Gasteiger partial charge in [0.05, 0.1) is 12.2 Å². The summed E-state index contributed by atoms with van der Waals surface area (Å²) in [5.41, 5.74) is 0. The number of hydrogen-bond acceptors (Lipinski definition) is 2. The van der Waals surface area contributed by atoms with Crippen molar-refractivity contribution in [1.29, 1.82) is 0 Å². The van der Waals surface area contributed by atoms with Crippen LogP contribution in [0, 0.1) is 0 Å². The minimum absolute atomic E-state index is 0.433. The molecular formula is C11H25NO. The fraction of sp³-hybridized carbons (Fsp3) is 1.00. The maximum atomic E-state index is 5.62. The molecule has 2 nitrogen and oxygen atoms in total. The van der Waals surface area contributed by atoms with Gasteiger partial charge in [-0.2, -0.15) is 0 Å². The van der Waals surface area contributed by atoms with E-state index in [1.807, 2.05) is 13.8 Å². The van der Waals surface area contributed by atoms with Crippen LogP contribution in [0.5, 0.6) is 0 Å². The maximum absolute atomic E-state index is 5.62. The van der Waals surface area contributed by atoms with Crippen molar-refractivity contribution in [3.63, 3.8) is 0 Å². The molecule has 1 heterocycles. The Morgan fingerprint density at radius 3 is 2.00 bits per heavy atom. The molecule has 1 N–H and O–H groups in total. The highest BCUT2D eigenvalue weighted by molar-refractivity contribution is 4.77. The summed E-state index contributed by atoms with van der Waals surface area (Å²) < 4.78 is 5.62. The quantitative estimate of drug-likeness (QED) is 0.717. The maximum Gasteiger partial charge on any atom is 0.0565 e. The van der Waals surface area contributed by atoms with E-state index in [1.165, 1.54) is 0 Å². The van der Waals surface area contributed by atoms with Crippen LogP contribution in [-0.4, -0.2) is 24.8 Å². The largest absolute Gasteiger partial charge is 0.375 e. The minimum Gasteiger partial charge on any atom is -0.375 e. The molecule has 0 bridgehead atoms. The summed E-state index contributed by atoms with van der Waals surface area (Å²) in [6.07, 6.45) is 3.20. The van der Waals surface area contributed by atoms with Gasteiger partial charge in [-0.1, -0.05) is 20.8 Å². The molecule has 0 aliphatic carbocycles. The van der Waals surface area contributed by atoms with Crippen LogP contribution in [0.3, 0.4) is 0 Å². The molecule has 13 heavy (non-hydrogen) atoms. The third-order valence-corrected chi connectivity index (χ3v) is 2.19. The normalized spacial score (nSPS) is 33.5. The van der Waals surface area contributed by atoms with E-state index >= 15 is 0 Å². The first-order valence-corrected chi connectivity index (χ1v) is 5.61. The molecule has 0 radical (unpaired) electrons. The predicted octanol–water partition coefficient (Wildman–Crippen LogP) is 2.58. The van der Waals surface area contributed by atoms with Gasteiger partial charge in [0.25, 0.3) is 0 Å². The van der Waals surface area contributed by atoms with Crippen molar-refractivity contribution in [2.24, 2.45) is 0 Å². The Labute approximate surface area is 83.1 Å². The molecule has 0 saturated carbocycles. The fourth-order valence-corrected chi connectivity index (χ4v) is 1.86. The van der Waals surface area contributed by atoms with E-state index in [4.69, 9.17) is 4.74 Å². The van der Waals surface area contributed by atoms with Crippen molar-refractivity contribution in [2.45, 2.75) is 65.7 Å². The Hall–Kier alpha value is -0.0800. The smallest absolute Gasteiger partial charge is 0.0565 e. The SMILES string of the molecule is CC.CCNC1CC(C)OC(C)C1. The minimum atomic E-state index is 0.433. The molecule has 1 aliphatic rings. The molecule has 2 atom stereocenters. The Kier molecular flexibility index (Phi) is 7.29. The van der Waals surface area contributed by atoms with E-state index in [0.29, 0.717) is 18.2 Å². The van der Waals surface area contributed by atoms with E-state index in [1.54, 1.807) is 0 Å². The molecule has 80 valence electrons. The van der Waals surface area contributed by atoms with Crippen LogP contribution >= 0.6 is 0 Å². The number of ether oxygens (including phenoxy) is 1. The summed E-state index contributed by atoms with van der Waals surface area (Å²) in [5.74, 6) is 0. The topological polar surface area (TPSA) is 21.3 Å². The molecule has 0 amide bonds. The average Bonchev–Trinajstić information content (AvgIpc) is 2.06. The van der Waals surface area contributed by atoms with Gasteiger partial charge in [-0.15, -0.1) is 0 Å². The number of hydrogen-bond donors (Lipinski definition) is 1. The first-order valence-electron chi connectivity index (χ1n) is 5.61. The zero-order chi connectivity index (χ0) is 10.3. The summed E-state index contributed by atoms with van der Waals surface area (Å²) >= 11 is 0. The first kappa shape index (κ1) is 12.9. The van der Waals surface area contributed by atoms with Gasteiger partial charge in [0, 0.05) is 6.04 Å². The zero-order valence-electron chi connectivity index (χ0n) is 9.76. The lowest BCUT2D eigenvalue weighted by atomic mass is 10.00. The van der Waals surface area contributed by atoms with Gasteiger partial charge < -0.3 is 10.1 Å². The van der Waals surface area contributed by atoms with E-state index in [9.17, 15) is 0 Å². The molecule has 2 unspecified atom stereocenters. The Balaban J connectivity index is 0.000000671. The Bertz CT molecular complexity index is 107. The first-order chi connectivity index (χ1) is 6.22. The van der Waals surface area contributed by atoms with Gasteiger partial charge in [-0.05, 0) is 33.2 Å². The van der Waals surface area contributed by atoms with Crippen LogP contribution in [0.15, 0.2) is 0 Å². The van der Waals surface area contributed by atoms with E-state index < -0.39 is 0 Å². The molecule has 1 fully saturated rings. The van der Waals surface area contributed by atoms with Crippen LogP contribution in [0.4, 0.5) is 0 Å². The van der Waals surface area contributed by atoms with Crippen molar-refractivity contribution in [2.75, 3.05) is 6.54 Å². The molecule has 1 saturated heterocycles. The van der Waals surface area contributed by atoms with Crippen molar-refractivity contribution in [3.8, 4) is 0 Å². The van der Waals surface area contributed by atoms with Crippen molar-refractivity contribution >= 4 is 0 Å². The van der Waals surface area contributed by atoms with Gasteiger partial charge in [0.15, 0.2) is 0 Å². The standard InChI is InChI=1S/C9H19NO.C2H6/c1-4-10-9-5-7(2)11-8(3)6-9;1-2/h7-10H,4-6H2,1-3H3;1-2H3. The second-order valence-corrected chi connectivity index (χ2v) is 3.48. The van der Waals surface area contributed by atoms with Crippen molar-refractivity contribution < 1.29 is 4.74 Å². The number of nitrogens with one attached hydrogen (secondary N) is 1. The second-order valence-electron chi connectivity index (χ2n) is 3.48. The van der Waals surface area contributed by atoms with Crippen LogP contribution < -0.4 is 5.32 Å². The zero-order valence-corrected chi connectivity index (χ0v) is 9.76. The third-order valence-electron chi connectivity index (χ3n) is 2.19. The van der Waals surface area contributed by atoms with E-state index in [-0.39, 0.29) is 0 Å². The molecule has 2 heteroatoms. The van der Waals surface area contributed by atoms with Crippen LogP contribution in [0.25, 0.3) is 0 Å². The monoisotopic (exact) mass is 187 g/mol. The highest BCUT2D eigenvalue weighted by Crippen LogP contribution is 2.18. The van der Waals surface area contributed by atoms with Gasteiger partial charge in [-0.3, -0.25) is 0 Å². The molecule has 1 rings (SSSR count). The molecule has 0 spiro atoms. The lowest BCUT2D eigenvalue weighted by Gasteiger charge is -2.32. The lowest BCUT2D eigenvalue weighted by Crippen LogP contribution is -2.41. The van der Waals surface area contributed by atoms with Crippen LogP contribution in [0.1, 0.15) is 47.5 Å². The third kappa shape index (κ3) is 5.27. The Morgan fingerprint density at radius 1 is 1.15 bits per heavy atom. The average molecular weight is 187 g/mol. The highest BCUT2D eigenvalue weighted by Gasteiger charge is 2.22. The van der Waals surface area contributed by atoms with Gasteiger partial charge >= 0.3 is 0 Å². The number of rotatable bonds is 2. The van der Waals surface area contributed by atoms with Gasteiger partial charge in [-0.25, -0.2) is 0 Å². The molecule has 1 aliphatic heterocycles. The van der Waals surface area contributed by atoms with Gasteiger partial charge in [0.2, 0.25) is 0 Å². The lowest BCUT2D eigenvalue weighted by molar-refractivity contribution is -0.0417. The van der Waals surface area contributed by atoms with E-state index in [0.717, 1.165) is 19.4 Å². The summed E-state index contributed by atoms with van der Waals surface area (Å²) in [6, 6.07) is 0.679. The summed E-state index contributed by atoms with van der Waals surface area (Å²) in [7, 11) is 0. The molecule has 0 aromatic heterocycles.